The molecule has 0 spiro atoms. The predicted octanol–water partition coefficient (Wildman–Crippen LogP) is -3.95. The van der Waals surface area contributed by atoms with E-state index in [1.54, 1.807) is 0 Å². The smallest absolute Gasteiger partial charge is 0.652 e. The summed E-state index contributed by atoms with van der Waals surface area (Å²) in [4.78, 5) is 28.0. The second-order valence-electron chi connectivity index (χ2n) is 1.79. The maximum Gasteiger partial charge on any atom is 2.00 e. The zero-order valence-electron chi connectivity index (χ0n) is 7.00. The minimum Gasteiger partial charge on any atom is -0.652 e. The second-order valence-corrected chi connectivity index (χ2v) is 1.79. The van der Waals surface area contributed by atoms with E-state index in [4.69, 9.17) is 31.0 Å². The fourth-order valence-electron chi connectivity index (χ4n) is 0.275. The van der Waals surface area contributed by atoms with E-state index < -0.39 is 30.6 Å². The van der Waals surface area contributed by atoms with Gasteiger partial charge in [-0.25, -0.2) is 0 Å². The summed E-state index contributed by atoms with van der Waals surface area (Å²) < 4.78 is 0. The van der Waals surface area contributed by atoms with Gasteiger partial charge in [0.05, 0.1) is 6.42 Å². The maximum absolute atomic E-state index is 9.85. The van der Waals surface area contributed by atoms with Crippen LogP contribution in [-0.2, 0) is 9.59 Å². The molecule has 0 aromatic heterocycles. The standard InChI is InChI=1S/C4H7NO4.CH2O3.Ca/c5-2(4(8)9)1-3(6)7;2-1(3)4;/h2H,1,5H2,(H,6,7)(H,8,9);(H2,2,3,4);/q;;+2/p-2/t2-;;/m0../s1. The molecule has 0 amide bonds. The molecule has 0 rings (SSSR count). The molecule has 0 unspecified atom stereocenters. The van der Waals surface area contributed by atoms with Crippen LogP contribution in [0.2, 0.25) is 0 Å². The molecule has 0 saturated heterocycles. The summed E-state index contributed by atoms with van der Waals surface area (Å²) in [6.45, 7) is 0. The molecule has 8 nitrogen and oxygen atoms in total. The van der Waals surface area contributed by atoms with Gasteiger partial charge < -0.3 is 31.0 Å². The summed E-state index contributed by atoms with van der Waals surface area (Å²) in [5, 5.41) is 32.7. The number of nitrogens with two attached hydrogens (primary N) is 1. The monoisotopic (exact) mass is 233 g/mol. The van der Waals surface area contributed by atoms with Crippen molar-refractivity contribution >= 4 is 55.8 Å². The zero-order valence-corrected chi connectivity index (χ0v) is 9.21. The van der Waals surface area contributed by atoms with Crippen molar-refractivity contribution in [3.63, 3.8) is 0 Å². The van der Waals surface area contributed by atoms with Crippen LogP contribution in [0.3, 0.4) is 0 Å². The Balaban J connectivity index is -0.000000209. The second kappa shape index (κ2) is 10.5. The van der Waals surface area contributed by atoms with Gasteiger partial charge in [-0.05, 0) is 6.16 Å². The summed E-state index contributed by atoms with van der Waals surface area (Å²) in [6.07, 6.45) is -2.87. The van der Waals surface area contributed by atoms with Crippen LogP contribution in [0.25, 0.3) is 0 Å². The minimum atomic E-state index is -2.33. The van der Waals surface area contributed by atoms with Crippen LogP contribution in [0.5, 0.6) is 0 Å². The molecular formula is C5H7CaNO7. The molecule has 1 atom stereocenters. The quantitative estimate of drug-likeness (QED) is 0.415. The third-order valence-electron chi connectivity index (χ3n) is 0.712. The van der Waals surface area contributed by atoms with E-state index in [0.717, 1.165) is 0 Å². The molecule has 0 aromatic carbocycles. The Labute approximate surface area is 108 Å². The van der Waals surface area contributed by atoms with Crippen molar-refractivity contribution in [2.45, 2.75) is 12.5 Å². The number of aliphatic carboxylic acids is 2. The van der Waals surface area contributed by atoms with Gasteiger partial charge in [-0.3, -0.25) is 9.59 Å². The van der Waals surface area contributed by atoms with Crippen molar-refractivity contribution in [1.82, 2.24) is 0 Å². The van der Waals surface area contributed by atoms with E-state index in [1.165, 1.54) is 0 Å². The van der Waals surface area contributed by atoms with E-state index in [-0.39, 0.29) is 37.7 Å². The normalized spacial score (nSPS) is 9.79. The van der Waals surface area contributed by atoms with Crippen molar-refractivity contribution in [2.75, 3.05) is 0 Å². The molecule has 0 radical (unpaired) electrons. The SMILES string of the molecule is N[C@@H](CC(=O)O)C(=O)O.O=C([O-])[O-].[Ca+2]. The first-order chi connectivity index (χ1) is 5.77. The number of carboxylic acids is 2. The van der Waals surface area contributed by atoms with Crippen LogP contribution < -0.4 is 15.9 Å². The first kappa shape index (κ1) is 19.1. The molecule has 9 heteroatoms. The van der Waals surface area contributed by atoms with Gasteiger partial charge in [-0.1, -0.05) is 0 Å². The third-order valence-corrected chi connectivity index (χ3v) is 0.712. The first-order valence-electron chi connectivity index (χ1n) is 2.85. The van der Waals surface area contributed by atoms with Gasteiger partial charge >= 0.3 is 49.7 Å². The van der Waals surface area contributed by atoms with E-state index in [9.17, 15) is 9.59 Å². The largest absolute Gasteiger partial charge is 2.00 e. The number of carbonyl (C=O) groups is 3. The Morgan fingerprint density at radius 2 is 1.50 bits per heavy atom. The summed E-state index contributed by atoms with van der Waals surface area (Å²) in [7, 11) is 0. The third kappa shape index (κ3) is 22.5. The van der Waals surface area contributed by atoms with E-state index in [2.05, 4.69) is 0 Å². The van der Waals surface area contributed by atoms with Crippen molar-refractivity contribution in [1.29, 1.82) is 0 Å². The molecule has 0 aliphatic heterocycles. The van der Waals surface area contributed by atoms with Crippen LogP contribution in [0.15, 0.2) is 0 Å². The van der Waals surface area contributed by atoms with Crippen LogP contribution in [0.1, 0.15) is 6.42 Å². The Kier molecular flexibility index (Phi) is 14.3. The van der Waals surface area contributed by atoms with Gasteiger partial charge in [-0.15, -0.1) is 0 Å². The van der Waals surface area contributed by atoms with Crippen molar-refractivity contribution < 1.29 is 34.8 Å². The van der Waals surface area contributed by atoms with E-state index in [1.807, 2.05) is 0 Å². The van der Waals surface area contributed by atoms with Gasteiger partial charge in [-0.2, -0.15) is 0 Å². The number of carboxylic acid groups (broad SMARTS) is 4. The molecule has 0 saturated carbocycles. The number of carbonyl (C=O) groups excluding carboxylic acids is 1. The van der Waals surface area contributed by atoms with Gasteiger partial charge in [0.1, 0.15) is 6.04 Å². The average molecular weight is 233 g/mol. The maximum atomic E-state index is 9.85. The molecule has 4 N–H and O–H groups in total. The molecular weight excluding hydrogens is 226 g/mol. The molecule has 0 aliphatic carbocycles. The molecule has 0 aliphatic rings. The molecule has 0 fully saturated rings. The van der Waals surface area contributed by atoms with Gasteiger partial charge in [0.2, 0.25) is 0 Å². The Bertz CT molecular complexity index is 202. The van der Waals surface area contributed by atoms with Crippen LogP contribution in [0.4, 0.5) is 4.79 Å². The van der Waals surface area contributed by atoms with E-state index in [0.29, 0.717) is 0 Å². The molecule has 0 bridgehead atoms. The van der Waals surface area contributed by atoms with Crippen molar-refractivity contribution in [3.05, 3.63) is 0 Å². The van der Waals surface area contributed by atoms with Crippen LogP contribution in [0, 0.1) is 0 Å². The Morgan fingerprint density at radius 3 is 1.57 bits per heavy atom. The van der Waals surface area contributed by atoms with Crippen LogP contribution >= 0.6 is 0 Å². The van der Waals surface area contributed by atoms with Gasteiger partial charge in [0, 0.05) is 0 Å². The molecule has 14 heavy (non-hydrogen) atoms. The number of hydrogen-bond acceptors (Lipinski definition) is 6. The van der Waals surface area contributed by atoms with Gasteiger partial charge in [0.15, 0.2) is 0 Å². The first-order valence-corrected chi connectivity index (χ1v) is 2.85. The predicted molar refractivity (Wildman–Crippen MR) is 39.0 cm³/mol. The van der Waals surface area contributed by atoms with E-state index >= 15 is 0 Å². The molecule has 0 heterocycles. The minimum absolute atomic E-state index is 0. The fraction of sp³-hybridized carbons (Fsp3) is 0.400. The fourth-order valence-corrected chi connectivity index (χ4v) is 0.275. The topological polar surface area (TPSA) is 164 Å². The summed E-state index contributed by atoms with van der Waals surface area (Å²) >= 11 is 0. The van der Waals surface area contributed by atoms with Crippen molar-refractivity contribution in [3.8, 4) is 0 Å². The zero-order chi connectivity index (χ0) is 11.0. The van der Waals surface area contributed by atoms with Crippen molar-refractivity contribution in [2.24, 2.45) is 5.73 Å². The average Bonchev–Trinajstić information content (AvgIpc) is 1.83. The number of rotatable bonds is 3. The van der Waals surface area contributed by atoms with Crippen LogP contribution in [-0.4, -0.2) is 72.1 Å². The Morgan fingerprint density at radius 1 is 1.21 bits per heavy atom. The Hall–Kier alpha value is -0.570. The molecule has 0 aromatic rings. The molecule has 76 valence electrons. The number of hydrogen-bond donors (Lipinski definition) is 3. The summed E-state index contributed by atoms with van der Waals surface area (Å²) in [6, 6.07) is -1.29. The summed E-state index contributed by atoms with van der Waals surface area (Å²) in [5.74, 6) is -2.50. The van der Waals surface area contributed by atoms with Gasteiger partial charge in [0.25, 0.3) is 0 Å². The summed E-state index contributed by atoms with van der Waals surface area (Å²) in [5.41, 5.74) is 4.84.